The summed E-state index contributed by atoms with van der Waals surface area (Å²) < 4.78 is 75.8. The van der Waals surface area contributed by atoms with Crippen LogP contribution in [0.15, 0.2) is 40.9 Å². The lowest BCUT2D eigenvalue weighted by Gasteiger charge is -2.29. The molecule has 0 spiro atoms. The van der Waals surface area contributed by atoms with Gasteiger partial charge in [-0.05, 0) is 50.6 Å². The van der Waals surface area contributed by atoms with Crippen LogP contribution in [0.4, 0.5) is 22.0 Å². The molecule has 2 aromatic carbocycles. The van der Waals surface area contributed by atoms with Crippen LogP contribution >= 0.6 is 15.9 Å². The first-order valence-electron chi connectivity index (χ1n) is 9.69. The van der Waals surface area contributed by atoms with Crippen molar-refractivity contribution in [2.75, 3.05) is 6.61 Å². The number of aromatic hydroxyl groups is 1. The van der Waals surface area contributed by atoms with Gasteiger partial charge in [0.25, 0.3) is 0 Å². The molecule has 0 saturated carbocycles. The highest BCUT2D eigenvalue weighted by atomic mass is 79.9. The summed E-state index contributed by atoms with van der Waals surface area (Å²) in [6, 6.07) is 3.00. The molecule has 0 fully saturated rings. The van der Waals surface area contributed by atoms with Crippen LogP contribution in [-0.2, 0) is 9.53 Å². The molecule has 0 aliphatic heterocycles. The second-order valence-corrected chi connectivity index (χ2v) is 8.69. The molecule has 2 rings (SSSR count). The molecule has 32 heavy (non-hydrogen) atoms. The highest BCUT2D eigenvalue weighted by Gasteiger charge is 2.44. The molecule has 4 nitrogen and oxygen atoms in total. The quantitative estimate of drug-likeness (QED) is 0.318. The minimum Gasteiger partial charge on any atom is -0.507 e. The molecule has 0 aromatic heterocycles. The number of carbonyl (C=O) groups is 1. The molecule has 0 aliphatic rings. The fourth-order valence-corrected chi connectivity index (χ4v) is 3.53. The van der Waals surface area contributed by atoms with Crippen LogP contribution in [0.1, 0.15) is 38.8 Å². The van der Waals surface area contributed by atoms with Crippen molar-refractivity contribution in [1.29, 1.82) is 0 Å². The van der Waals surface area contributed by atoms with E-state index in [0.717, 1.165) is 26.0 Å². The van der Waals surface area contributed by atoms with Crippen molar-refractivity contribution in [2.45, 2.75) is 51.1 Å². The highest BCUT2D eigenvalue weighted by Crippen LogP contribution is 2.38. The standard InChI is InChI=1S/C22H23BrF5NO3/c1-4-32-20(31)17(11-21(2,3)25)29-19(22(26,27)28)12-5-7-14(16(24)9-12)15-10-13(23)6-8-18(15)30/h5-10,17,19,29-30H,4,11H2,1-3H3/t17?,19-/m0/s1. The molecule has 0 saturated heterocycles. The Balaban J connectivity index is 2.45. The lowest BCUT2D eigenvalue weighted by Crippen LogP contribution is -2.47. The lowest BCUT2D eigenvalue weighted by molar-refractivity contribution is -0.165. The van der Waals surface area contributed by atoms with Gasteiger partial charge in [0.2, 0.25) is 0 Å². The van der Waals surface area contributed by atoms with Crippen molar-refractivity contribution < 1.29 is 36.6 Å². The average Bonchev–Trinajstić information content (AvgIpc) is 2.65. The summed E-state index contributed by atoms with van der Waals surface area (Å²) in [5.74, 6) is -2.30. The summed E-state index contributed by atoms with van der Waals surface area (Å²) >= 11 is 3.19. The molecule has 2 atom stereocenters. The third-order valence-electron chi connectivity index (χ3n) is 4.53. The Bertz CT molecular complexity index is 960. The van der Waals surface area contributed by atoms with Gasteiger partial charge in [-0.1, -0.05) is 28.1 Å². The second kappa shape index (κ2) is 10.2. The maximum absolute atomic E-state index is 14.8. The largest absolute Gasteiger partial charge is 0.507 e. The SMILES string of the molecule is CCOC(=O)C(CC(C)(C)F)N[C@@H](c1ccc(-c2cc(Br)ccc2O)c(F)c1)C(F)(F)F. The molecule has 0 amide bonds. The molecule has 176 valence electrons. The Hall–Kier alpha value is -2.20. The van der Waals surface area contributed by atoms with Gasteiger partial charge in [0.15, 0.2) is 0 Å². The topological polar surface area (TPSA) is 58.6 Å². The van der Waals surface area contributed by atoms with Gasteiger partial charge >= 0.3 is 12.1 Å². The van der Waals surface area contributed by atoms with E-state index in [1.54, 1.807) is 0 Å². The van der Waals surface area contributed by atoms with E-state index in [-0.39, 0.29) is 23.5 Å². The first-order chi connectivity index (χ1) is 14.7. The number of ether oxygens (including phenoxy) is 1. The van der Waals surface area contributed by atoms with Crippen LogP contribution in [0.25, 0.3) is 11.1 Å². The lowest BCUT2D eigenvalue weighted by atomic mass is 9.96. The predicted molar refractivity (Wildman–Crippen MR) is 113 cm³/mol. The van der Waals surface area contributed by atoms with E-state index >= 15 is 0 Å². The van der Waals surface area contributed by atoms with Gasteiger partial charge in [-0.25, -0.2) is 8.78 Å². The van der Waals surface area contributed by atoms with E-state index in [1.165, 1.54) is 25.1 Å². The van der Waals surface area contributed by atoms with E-state index in [0.29, 0.717) is 10.5 Å². The Morgan fingerprint density at radius 1 is 1.12 bits per heavy atom. The van der Waals surface area contributed by atoms with E-state index in [9.17, 15) is 31.9 Å². The number of halogens is 6. The third-order valence-corrected chi connectivity index (χ3v) is 5.02. The third kappa shape index (κ3) is 6.90. The molecule has 1 unspecified atom stereocenters. The number of alkyl halides is 4. The van der Waals surface area contributed by atoms with Crippen LogP contribution in [0.3, 0.4) is 0 Å². The summed E-state index contributed by atoms with van der Waals surface area (Å²) in [6.07, 6.45) is -5.50. The summed E-state index contributed by atoms with van der Waals surface area (Å²) in [5, 5.41) is 12.1. The number of carbonyl (C=O) groups excluding carboxylic acids is 1. The molecule has 0 heterocycles. The number of esters is 1. The fraction of sp³-hybridized carbons (Fsp3) is 0.409. The average molecular weight is 524 g/mol. The highest BCUT2D eigenvalue weighted by molar-refractivity contribution is 9.10. The minimum absolute atomic E-state index is 0.0866. The Morgan fingerprint density at radius 3 is 2.31 bits per heavy atom. The number of hydrogen-bond donors (Lipinski definition) is 2. The molecule has 2 N–H and O–H groups in total. The minimum atomic E-state index is -4.92. The first-order valence-corrected chi connectivity index (χ1v) is 10.5. The maximum atomic E-state index is 14.8. The zero-order valence-electron chi connectivity index (χ0n) is 17.6. The summed E-state index contributed by atoms with van der Waals surface area (Å²) in [6.45, 7) is 3.63. The van der Waals surface area contributed by atoms with Crippen molar-refractivity contribution >= 4 is 21.9 Å². The predicted octanol–water partition coefficient (Wildman–Crippen LogP) is 6.22. The van der Waals surface area contributed by atoms with E-state index in [2.05, 4.69) is 21.2 Å². The molecule has 0 radical (unpaired) electrons. The number of hydrogen-bond acceptors (Lipinski definition) is 4. The van der Waals surface area contributed by atoms with Gasteiger partial charge in [-0.2, -0.15) is 13.2 Å². The van der Waals surface area contributed by atoms with Gasteiger partial charge in [-0.3, -0.25) is 10.1 Å². The zero-order chi connectivity index (χ0) is 24.3. The summed E-state index contributed by atoms with van der Waals surface area (Å²) in [7, 11) is 0. The molecule has 2 aromatic rings. The van der Waals surface area contributed by atoms with Gasteiger partial charge < -0.3 is 9.84 Å². The van der Waals surface area contributed by atoms with E-state index in [4.69, 9.17) is 4.74 Å². The molecular weight excluding hydrogens is 501 g/mol. The van der Waals surface area contributed by atoms with E-state index in [1.807, 2.05) is 0 Å². The number of phenolic OH excluding ortho intramolecular Hbond substituents is 1. The normalized spacial score (nSPS) is 14.2. The number of phenols is 1. The van der Waals surface area contributed by atoms with Gasteiger partial charge in [0.05, 0.1) is 6.61 Å². The van der Waals surface area contributed by atoms with Crippen LogP contribution in [0, 0.1) is 5.82 Å². The molecular formula is C22H23BrF5NO3. The van der Waals surface area contributed by atoms with Crippen LogP contribution in [0.2, 0.25) is 0 Å². The van der Waals surface area contributed by atoms with Crippen molar-refractivity contribution in [3.05, 3.63) is 52.3 Å². The Labute approximate surface area is 190 Å². The van der Waals surface area contributed by atoms with Crippen LogP contribution in [-0.4, -0.2) is 35.6 Å². The Morgan fingerprint density at radius 2 is 1.78 bits per heavy atom. The zero-order valence-corrected chi connectivity index (χ0v) is 19.2. The maximum Gasteiger partial charge on any atom is 0.407 e. The van der Waals surface area contributed by atoms with Crippen LogP contribution < -0.4 is 5.32 Å². The van der Waals surface area contributed by atoms with Crippen molar-refractivity contribution in [2.24, 2.45) is 0 Å². The first kappa shape index (κ1) is 26.1. The van der Waals surface area contributed by atoms with Gasteiger partial charge in [-0.15, -0.1) is 0 Å². The monoisotopic (exact) mass is 523 g/mol. The number of rotatable bonds is 8. The molecule has 0 bridgehead atoms. The van der Waals surface area contributed by atoms with Crippen molar-refractivity contribution in [3.8, 4) is 16.9 Å². The molecule has 10 heteroatoms. The van der Waals surface area contributed by atoms with E-state index < -0.39 is 47.7 Å². The van der Waals surface area contributed by atoms with Gasteiger partial charge in [0.1, 0.15) is 29.3 Å². The fourth-order valence-electron chi connectivity index (χ4n) is 3.17. The smallest absolute Gasteiger partial charge is 0.407 e. The van der Waals surface area contributed by atoms with Crippen LogP contribution in [0.5, 0.6) is 5.75 Å². The summed E-state index contributed by atoms with van der Waals surface area (Å²) in [4.78, 5) is 12.2. The summed E-state index contributed by atoms with van der Waals surface area (Å²) in [5.41, 5.74) is -2.50. The number of benzene rings is 2. The molecule has 0 aliphatic carbocycles. The van der Waals surface area contributed by atoms with Crippen molar-refractivity contribution in [3.63, 3.8) is 0 Å². The number of nitrogens with one attached hydrogen (secondary N) is 1. The second-order valence-electron chi connectivity index (χ2n) is 7.77. The van der Waals surface area contributed by atoms with Gasteiger partial charge in [0, 0.05) is 22.0 Å². The Kier molecular flexibility index (Phi) is 8.27. The van der Waals surface area contributed by atoms with Crippen molar-refractivity contribution in [1.82, 2.24) is 5.32 Å².